The van der Waals surface area contributed by atoms with Crippen molar-refractivity contribution in [3.05, 3.63) is 117 Å². The molecule has 28 heavy (non-hydrogen) atoms. The van der Waals surface area contributed by atoms with Crippen LogP contribution in [0.4, 0.5) is 0 Å². The Kier molecular flexibility index (Phi) is 4.17. The molecule has 136 valence electrons. The van der Waals surface area contributed by atoms with Gasteiger partial charge < -0.3 is 5.11 Å². The first-order valence-electron chi connectivity index (χ1n) is 9.07. The third kappa shape index (κ3) is 2.49. The van der Waals surface area contributed by atoms with E-state index in [1.165, 1.54) is 0 Å². The molecule has 0 aromatic heterocycles. The van der Waals surface area contributed by atoms with E-state index in [1.807, 2.05) is 78.9 Å². The lowest BCUT2D eigenvalue weighted by Crippen LogP contribution is -2.27. The Morgan fingerprint density at radius 2 is 1.11 bits per heavy atom. The molecule has 5 rings (SSSR count). The van der Waals surface area contributed by atoms with E-state index in [2.05, 4.69) is 28.1 Å². The highest BCUT2D eigenvalue weighted by atomic mass is 79.9. The molecule has 4 aromatic rings. The number of hydrogen-bond acceptors (Lipinski definition) is 1. The normalized spacial score (nSPS) is 17.2. The average Bonchev–Trinajstić information content (AvgIpc) is 2.98. The molecule has 1 atom stereocenters. The number of fused-ring (bicyclic) bond motifs is 3. The quantitative estimate of drug-likeness (QED) is 0.349. The second-order valence-corrected chi connectivity index (χ2v) is 8.29. The van der Waals surface area contributed by atoms with Crippen LogP contribution in [0.3, 0.4) is 0 Å². The molecule has 0 saturated carbocycles. The van der Waals surface area contributed by atoms with Gasteiger partial charge >= 0.3 is 0 Å². The maximum Gasteiger partial charge on any atom is 0.142 e. The Labute approximate surface area is 177 Å². The molecule has 0 heterocycles. The van der Waals surface area contributed by atoms with Gasteiger partial charge in [0, 0.05) is 31.7 Å². The van der Waals surface area contributed by atoms with E-state index in [4.69, 9.17) is 11.6 Å². The van der Waals surface area contributed by atoms with E-state index in [-0.39, 0.29) is 0 Å². The fourth-order valence-electron chi connectivity index (χ4n) is 4.23. The van der Waals surface area contributed by atoms with Crippen LogP contribution in [0.2, 0.25) is 5.02 Å². The molecule has 1 N–H and O–H groups in total. The maximum atomic E-state index is 12.3. The van der Waals surface area contributed by atoms with Crippen molar-refractivity contribution in [1.82, 2.24) is 0 Å². The van der Waals surface area contributed by atoms with Gasteiger partial charge in [-0.05, 0) is 34.9 Å². The van der Waals surface area contributed by atoms with Gasteiger partial charge in [-0.15, -0.1) is 0 Å². The first-order chi connectivity index (χ1) is 13.6. The highest BCUT2D eigenvalue weighted by Gasteiger charge is 2.44. The third-order valence-electron chi connectivity index (χ3n) is 5.46. The van der Waals surface area contributed by atoms with Crippen LogP contribution in [0.5, 0.6) is 0 Å². The van der Waals surface area contributed by atoms with Gasteiger partial charge in [-0.3, -0.25) is 0 Å². The molecule has 0 saturated heterocycles. The molecule has 1 unspecified atom stereocenters. The molecular formula is C25H16BrClO. The standard InChI is InChI=1S/C25H16BrClO/c26-16-13-14-19-17-7-1-4-10-21(17)25(28,23(19)15-16)22-11-5-2-8-18(22)20-9-3-6-12-24(20)27/h1-15,28H. The summed E-state index contributed by atoms with van der Waals surface area (Å²) in [6.07, 6.45) is 0. The molecule has 0 radical (unpaired) electrons. The van der Waals surface area contributed by atoms with Crippen molar-refractivity contribution >= 4 is 27.5 Å². The van der Waals surface area contributed by atoms with Gasteiger partial charge in [-0.25, -0.2) is 0 Å². The minimum absolute atomic E-state index is 0.666. The zero-order valence-electron chi connectivity index (χ0n) is 14.9. The van der Waals surface area contributed by atoms with Crippen molar-refractivity contribution in [2.45, 2.75) is 5.60 Å². The highest BCUT2D eigenvalue weighted by molar-refractivity contribution is 9.10. The summed E-state index contributed by atoms with van der Waals surface area (Å²) in [4.78, 5) is 0. The highest BCUT2D eigenvalue weighted by Crippen LogP contribution is 2.53. The Morgan fingerprint density at radius 1 is 0.607 bits per heavy atom. The lowest BCUT2D eigenvalue weighted by molar-refractivity contribution is 0.131. The van der Waals surface area contributed by atoms with Gasteiger partial charge in [-0.2, -0.15) is 0 Å². The fourth-order valence-corrected chi connectivity index (χ4v) is 4.83. The van der Waals surface area contributed by atoms with Gasteiger partial charge in [0.05, 0.1) is 0 Å². The topological polar surface area (TPSA) is 20.2 Å². The molecule has 0 bridgehead atoms. The summed E-state index contributed by atoms with van der Waals surface area (Å²) in [6, 6.07) is 29.9. The molecule has 1 aliphatic carbocycles. The van der Waals surface area contributed by atoms with E-state index in [9.17, 15) is 5.11 Å². The Morgan fingerprint density at radius 3 is 1.75 bits per heavy atom. The first kappa shape index (κ1) is 17.7. The van der Waals surface area contributed by atoms with E-state index >= 15 is 0 Å². The predicted octanol–water partition coefficient (Wildman–Crippen LogP) is 7.03. The zero-order chi connectivity index (χ0) is 19.3. The number of rotatable bonds is 2. The number of aliphatic hydroxyl groups is 1. The monoisotopic (exact) mass is 446 g/mol. The van der Waals surface area contributed by atoms with Crippen LogP contribution in [0.15, 0.2) is 95.5 Å². The summed E-state index contributed by atoms with van der Waals surface area (Å²) >= 11 is 10.1. The maximum absolute atomic E-state index is 12.3. The molecule has 0 amide bonds. The molecular weight excluding hydrogens is 432 g/mol. The minimum Gasteiger partial charge on any atom is -0.376 e. The number of benzene rings is 4. The smallest absolute Gasteiger partial charge is 0.142 e. The van der Waals surface area contributed by atoms with Crippen LogP contribution in [0.1, 0.15) is 16.7 Å². The van der Waals surface area contributed by atoms with Crippen molar-refractivity contribution < 1.29 is 5.11 Å². The van der Waals surface area contributed by atoms with Crippen LogP contribution >= 0.6 is 27.5 Å². The molecule has 4 aromatic carbocycles. The lowest BCUT2D eigenvalue weighted by atomic mass is 9.80. The molecule has 1 aliphatic rings. The van der Waals surface area contributed by atoms with Crippen molar-refractivity contribution in [1.29, 1.82) is 0 Å². The second-order valence-electron chi connectivity index (χ2n) is 6.97. The van der Waals surface area contributed by atoms with Crippen LogP contribution in [0, 0.1) is 0 Å². The van der Waals surface area contributed by atoms with E-state index in [1.54, 1.807) is 0 Å². The Hall–Kier alpha value is -2.39. The largest absolute Gasteiger partial charge is 0.376 e. The molecule has 1 nitrogen and oxygen atoms in total. The summed E-state index contributed by atoms with van der Waals surface area (Å²) in [7, 11) is 0. The van der Waals surface area contributed by atoms with Gasteiger partial charge in [0.25, 0.3) is 0 Å². The summed E-state index contributed by atoms with van der Waals surface area (Å²) in [6.45, 7) is 0. The van der Waals surface area contributed by atoms with Crippen LogP contribution in [-0.4, -0.2) is 5.11 Å². The van der Waals surface area contributed by atoms with Crippen molar-refractivity contribution in [3.63, 3.8) is 0 Å². The van der Waals surface area contributed by atoms with Crippen molar-refractivity contribution in [2.24, 2.45) is 0 Å². The number of hydrogen-bond donors (Lipinski definition) is 1. The van der Waals surface area contributed by atoms with Crippen molar-refractivity contribution in [2.75, 3.05) is 0 Å². The number of halogens is 2. The van der Waals surface area contributed by atoms with Gasteiger partial charge in [0.1, 0.15) is 5.60 Å². The Bertz CT molecular complexity index is 1220. The predicted molar refractivity (Wildman–Crippen MR) is 119 cm³/mol. The van der Waals surface area contributed by atoms with Crippen LogP contribution in [0.25, 0.3) is 22.3 Å². The average molecular weight is 448 g/mol. The van der Waals surface area contributed by atoms with Gasteiger partial charge in [0.15, 0.2) is 0 Å². The lowest BCUT2D eigenvalue weighted by Gasteiger charge is -2.29. The summed E-state index contributed by atoms with van der Waals surface area (Å²) in [5.41, 5.74) is 5.28. The molecule has 3 heteroatoms. The minimum atomic E-state index is -1.26. The van der Waals surface area contributed by atoms with E-state index in [0.29, 0.717) is 5.02 Å². The van der Waals surface area contributed by atoms with Crippen LogP contribution < -0.4 is 0 Å². The van der Waals surface area contributed by atoms with E-state index < -0.39 is 5.60 Å². The van der Waals surface area contributed by atoms with Gasteiger partial charge in [0.2, 0.25) is 0 Å². The van der Waals surface area contributed by atoms with E-state index in [0.717, 1.165) is 43.4 Å². The molecule has 0 spiro atoms. The SMILES string of the molecule is OC1(c2ccccc2-c2ccccc2Cl)c2ccccc2-c2ccc(Br)cc21. The molecule has 0 aliphatic heterocycles. The third-order valence-corrected chi connectivity index (χ3v) is 6.28. The summed E-state index contributed by atoms with van der Waals surface area (Å²) < 4.78 is 0.938. The molecule has 0 fully saturated rings. The zero-order valence-corrected chi connectivity index (χ0v) is 17.2. The van der Waals surface area contributed by atoms with Gasteiger partial charge in [-0.1, -0.05) is 100 Å². The summed E-state index contributed by atoms with van der Waals surface area (Å²) in [5, 5.41) is 12.9. The Balaban J connectivity index is 1.86. The summed E-state index contributed by atoms with van der Waals surface area (Å²) in [5.74, 6) is 0. The second kappa shape index (κ2) is 6.59. The van der Waals surface area contributed by atoms with Crippen LogP contribution in [-0.2, 0) is 5.60 Å². The first-order valence-corrected chi connectivity index (χ1v) is 10.2. The fraction of sp³-hybridized carbons (Fsp3) is 0.0400. The van der Waals surface area contributed by atoms with Crippen molar-refractivity contribution in [3.8, 4) is 22.3 Å².